The summed E-state index contributed by atoms with van der Waals surface area (Å²) in [4.78, 5) is 15.3. The summed E-state index contributed by atoms with van der Waals surface area (Å²) in [5, 5.41) is 0. The van der Waals surface area contributed by atoms with Gasteiger partial charge in [-0.2, -0.15) is 0 Å². The lowest BCUT2D eigenvalue weighted by Crippen LogP contribution is -2.15. The van der Waals surface area contributed by atoms with E-state index in [2.05, 4.69) is 30.5 Å². The van der Waals surface area contributed by atoms with Crippen LogP contribution >= 0.6 is 0 Å². The number of nitrogen functional groups attached to an aromatic ring is 1. The summed E-state index contributed by atoms with van der Waals surface area (Å²) in [6, 6.07) is 0. The number of nitrogens with two attached hydrogens (primary N) is 1. The molecule has 0 saturated carbocycles. The Morgan fingerprint density at radius 1 is 1.56 bits per heavy atom. The minimum atomic E-state index is -0.492. The largest absolute Gasteiger partial charge is 0.464 e. The SMILES string of the molecule is COC(=O)c1ncn(CC(C)C(C)C)c1N. The van der Waals surface area contributed by atoms with E-state index in [9.17, 15) is 4.79 Å². The van der Waals surface area contributed by atoms with Gasteiger partial charge in [0.05, 0.1) is 13.4 Å². The van der Waals surface area contributed by atoms with Crippen LogP contribution in [-0.2, 0) is 11.3 Å². The van der Waals surface area contributed by atoms with Crippen LogP contribution in [0.1, 0.15) is 31.3 Å². The van der Waals surface area contributed by atoms with Gasteiger partial charge in [0.2, 0.25) is 0 Å². The molecule has 90 valence electrons. The van der Waals surface area contributed by atoms with E-state index in [0.29, 0.717) is 17.7 Å². The molecule has 0 amide bonds. The summed E-state index contributed by atoms with van der Waals surface area (Å²) in [6.07, 6.45) is 1.58. The molecule has 0 aliphatic rings. The number of carbonyl (C=O) groups excluding carboxylic acids is 1. The normalized spacial score (nSPS) is 12.8. The summed E-state index contributed by atoms with van der Waals surface area (Å²) >= 11 is 0. The monoisotopic (exact) mass is 225 g/mol. The first kappa shape index (κ1) is 12.5. The standard InChI is InChI=1S/C11H19N3O2/c1-7(2)8(3)5-14-6-13-9(10(14)12)11(15)16-4/h6-8H,5,12H2,1-4H3. The van der Waals surface area contributed by atoms with Gasteiger partial charge in [-0.15, -0.1) is 0 Å². The third kappa shape index (κ3) is 2.53. The highest BCUT2D eigenvalue weighted by Gasteiger charge is 2.17. The van der Waals surface area contributed by atoms with Crippen LogP contribution in [0.5, 0.6) is 0 Å². The van der Waals surface area contributed by atoms with E-state index in [-0.39, 0.29) is 5.69 Å². The van der Waals surface area contributed by atoms with E-state index in [1.807, 2.05) is 0 Å². The van der Waals surface area contributed by atoms with Gasteiger partial charge in [0.15, 0.2) is 5.69 Å². The molecule has 0 aliphatic carbocycles. The predicted octanol–water partition coefficient (Wildman–Crippen LogP) is 1.54. The Bertz CT molecular complexity index is 371. The molecule has 1 atom stereocenters. The molecule has 1 aromatic heterocycles. The van der Waals surface area contributed by atoms with Crippen molar-refractivity contribution in [2.24, 2.45) is 11.8 Å². The number of hydrogen-bond donors (Lipinski definition) is 1. The quantitative estimate of drug-likeness (QED) is 0.789. The van der Waals surface area contributed by atoms with Crippen LogP contribution < -0.4 is 5.73 Å². The molecule has 1 heterocycles. The maximum atomic E-state index is 11.3. The van der Waals surface area contributed by atoms with Crippen molar-refractivity contribution in [2.75, 3.05) is 12.8 Å². The minimum Gasteiger partial charge on any atom is -0.464 e. The van der Waals surface area contributed by atoms with Crippen LogP contribution in [0.25, 0.3) is 0 Å². The van der Waals surface area contributed by atoms with E-state index in [1.54, 1.807) is 10.9 Å². The number of imidazole rings is 1. The van der Waals surface area contributed by atoms with Crippen LogP contribution in [0.15, 0.2) is 6.33 Å². The molecule has 0 radical (unpaired) electrons. The molecule has 1 rings (SSSR count). The van der Waals surface area contributed by atoms with E-state index >= 15 is 0 Å². The second-order valence-electron chi connectivity index (χ2n) is 4.34. The average Bonchev–Trinajstić information content (AvgIpc) is 2.59. The number of rotatable bonds is 4. The number of hydrogen-bond acceptors (Lipinski definition) is 4. The fourth-order valence-corrected chi connectivity index (χ4v) is 1.31. The first-order valence-corrected chi connectivity index (χ1v) is 5.36. The molecule has 1 aromatic rings. The summed E-state index contributed by atoms with van der Waals surface area (Å²) in [6.45, 7) is 7.20. The zero-order valence-corrected chi connectivity index (χ0v) is 10.2. The molecule has 0 saturated heterocycles. The first-order valence-electron chi connectivity index (χ1n) is 5.36. The minimum absolute atomic E-state index is 0.193. The van der Waals surface area contributed by atoms with Gasteiger partial charge in [-0.1, -0.05) is 20.8 Å². The van der Waals surface area contributed by atoms with E-state index in [0.717, 1.165) is 6.54 Å². The topological polar surface area (TPSA) is 70.1 Å². The number of aromatic nitrogens is 2. The van der Waals surface area contributed by atoms with Gasteiger partial charge >= 0.3 is 5.97 Å². The van der Waals surface area contributed by atoms with Crippen molar-refractivity contribution >= 4 is 11.8 Å². The van der Waals surface area contributed by atoms with E-state index in [1.165, 1.54) is 7.11 Å². The highest BCUT2D eigenvalue weighted by molar-refractivity contribution is 5.91. The van der Waals surface area contributed by atoms with E-state index in [4.69, 9.17) is 5.73 Å². The molecule has 0 bridgehead atoms. The fourth-order valence-electron chi connectivity index (χ4n) is 1.31. The predicted molar refractivity (Wildman–Crippen MR) is 62.0 cm³/mol. The maximum Gasteiger partial charge on any atom is 0.360 e. The molecule has 5 heteroatoms. The Balaban J connectivity index is 2.84. The maximum absolute atomic E-state index is 11.3. The number of nitrogens with zero attached hydrogens (tertiary/aromatic N) is 2. The average molecular weight is 225 g/mol. The Morgan fingerprint density at radius 3 is 2.69 bits per heavy atom. The van der Waals surface area contributed by atoms with Gasteiger partial charge in [0.1, 0.15) is 5.82 Å². The molecule has 5 nitrogen and oxygen atoms in total. The number of ether oxygens (including phenoxy) is 1. The van der Waals surface area contributed by atoms with E-state index < -0.39 is 5.97 Å². The Hall–Kier alpha value is -1.52. The Morgan fingerprint density at radius 2 is 2.19 bits per heavy atom. The Labute approximate surface area is 95.6 Å². The molecule has 0 spiro atoms. The summed E-state index contributed by atoms with van der Waals surface area (Å²) in [7, 11) is 1.32. The molecular weight excluding hydrogens is 206 g/mol. The van der Waals surface area contributed by atoms with Gasteiger partial charge < -0.3 is 15.0 Å². The fraction of sp³-hybridized carbons (Fsp3) is 0.636. The molecule has 1 unspecified atom stereocenters. The van der Waals surface area contributed by atoms with Gasteiger partial charge in [0, 0.05) is 6.54 Å². The lowest BCUT2D eigenvalue weighted by atomic mass is 9.98. The van der Waals surface area contributed by atoms with Crippen LogP contribution in [0.4, 0.5) is 5.82 Å². The van der Waals surface area contributed by atoms with Crippen molar-refractivity contribution in [3.63, 3.8) is 0 Å². The zero-order chi connectivity index (χ0) is 12.3. The van der Waals surface area contributed by atoms with Gasteiger partial charge in [-0.3, -0.25) is 0 Å². The first-order chi connectivity index (χ1) is 7.47. The van der Waals surface area contributed by atoms with Crippen LogP contribution in [0, 0.1) is 11.8 Å². The third-order valence-corrected chi connectivity index (χ3v) is 2.88. The van der Waals surface area contributed by atoms with Crippen LogP contribution in [-0.4, -0.2) is 22.6 Å². The highest BCUT2D eigenvalue weighted by atomic mass is 16.5. The molecule has 2 N–H and O–H groups in total. The summed E-state index contributed by atoms with van der Waals surface area (Å²) in [5.74, 6) is 0.915. The lowest BCUT2D eigenvalue weighted by Gasteiger charge is -2.16. The van der Waals surface area contributed by atoms with Crippen LogP contribution in [0.3, 0.4) is 0 Å². The molecule has 0 aliphatic heterocycles. The summed E-state index contributed by atoms with van der Waals surface area (Å²) in [5.41, 5.74) is 6.02. The van der Waals surface area contributed by atoms with Gasteiger partial charge in [0.25, 0.3) is 0 Å². The van der Waals surface area contributed by atoms with Crippen molar-refractivity contribution in [1.29, 1.82) is 0 Å². The highest BCUT2D eigenvalue weighted by Crippen LogP contribution is 2.17. The van der Waals surface area contributed by atoms with Gasteiger partial charge in [-0.05, 0) is 11.8 Å². The van der Waals surface area contributed by atoms with Crippen molar-refractivity contribution in [3.05, 3.63) is 12.0 Å². The van der Waals surface area contributed by atoms with Crippen molar-refractivity contribution in [1.82, 2.24) is 9.55 Å². The molecule has 0 aromatic carbocycles. The second kappa shape index (κ2) is 5.01. The van der Waals surface area contributed by atoms with Crippen molar-refractivity contribution in [3.8, 4) is 0 Å². The number of methoxy groups -OCH3 is 1. The van der Waals surface area contributed by atoms with Crippen molar-refractivity contribution < 1.29 is 9.53 Å². The molecule has 16 heavy (non-hydrogen) atoms. The Kier molecular flexibility index (Phi) is 3.93. The third-order valence-electron chi connectivity index (χ3n) is 2.88. The number of esters is 1. The second-order valence-corrected chi connectivity index (χ2v) is 4.34. The number of carbonyl (C=O) groups is 1. The summed E-state index contributed by atoms with van der Waals surface area (Å²) < 4.78 is 6.38. The molecule has 0 fully saturated rings. The number of anilines is 1. The zero-order valence-electron chi connectivity index (χ0n) is 10.2. The van der Waals surface area contributed by atoms with Crippen molar-refractivity contribution in [2.45, 2.75) is 27.3 Å². The molecular formula is C11H19N3O2. The van der Waals surface area contributed by atoms with Gasteiger partial charge in [-0.25, -0.2) is 9.78 Å². The smallest absolute Gasteiger partial charge is 0.360 e. The lowest BCUT2D eigenvalue weighted by molar-refractivity contribution is 0.0596. The van der Waals surface area contributed by atoms with Crippen LogP contribution in [0.2, 0.25) is 0 Å².